The fraction of sp³-hybridized carbons (Fsp3) is 0.167. The highest BCUT2D eigenvalue weighted by atomic mass is 15.0. The second-order valence-electron chi connectivity index (χ2n) is 47.3. The molecule has 4 nitrogen and oxygen atoms in total. The summed E-state index contributed by atoms with van der Waals surface area (Å²) in [5.41, 5.74) is 59.7. The van der Waals surface area contributed by atoms with Gasteiger partial charge in [0.1, 0.15) is 0 Å². The van der Waals surface area contributed by atoms with Crippen LogP contribution in [0.1, 0.15) is 200 Å². The second-order valence-corrected chi connectivity index (χ2v) is 47.3. The number of rotatable bonds is 4. The molecule has 8 aliphatic rings. The Kier molecular flexibility index (Phi) is 18.2. The van der Waals surface area contributed by atoms with Gasteiger partial charge in [-0.3, -0.25) is 0 Å². The average Bonchev–Trinajstić information content (AvgIpc) is 1.53. The first kappa shape index (κ1) is 88.1. The maximum atomic E-state index is 2.52. The molecule has 0 unspecified atom stereocenters. The molecule has 24 aromatic rings. The molecule has 0 aliphatic heterocycles. The van der Waals surface area contributed by atoms with Crippen molar-refractivity contribution in [2.75, 3.05) is 0 Å². The van der Waals surface area contributed by atoms with Crippen LogP contribution in [0.5, 0.6) is 0 Å². The summed E-state index contributed by atoms with van der Waals surface area (Å²) >= 11 is 0. The highest BCUT2D eigenvalue weighted by Crippen LogP contribution is 2.62. The molecule has 4 heteroatoms. The van der Waals surface area contributed by atoms with E-state index >= 15 is 0 Å². The molecule has 712 valence electrons. The topological polar surface area (TPSA) is 19.7 Å². The number of aromatic nitrogens is 4. The van der Waals surface area contributed by atoms with Gasteiger partial charge in [-0.2, -0.15) is 0 Å². The van der Waals surface area contributed by atoms with E-state index in [0.717, 1.165) is 0 Å². The standard InChI is InChI=1S/4C36H29N/c1-35(2)28-14-8-6-12-24(28)27-21-22(17-19-30(27)35)37-31-16-10-7-13-26(31)33-32(37)20-18-25-23-11-5-9-15-29(23)36(3,4)34(25)33;1-35(2)28-14-8-5-11-23(28)27-21-22(17-19-30(27)35)37-32-16-10-7-12-24(32)25-18-20-31-33(34(25)37)26-13-6-9-15-29(26)36(31,3)4;1-35(2)29-14-8-5-11-23(29)26-19-22(17-18-31(26)35)37-33-16-10-7-13-25(33)28-20-27-24-12-6-9-15-30(24)36(3,4)32(27)21-34(28)37;1-35(2)27-14-8-5-11-23(27)26-21-22(17-18-29(26)35)37-31-16-10-7-13-25(31)34-32(37)20-19-30-33(34)24-12-6-9-15-28(24)36(30,3)4/h4*5-21H,1-4H3. The van der Waals surface area contributed by atoms with Crippen molar-refractivity contribution in [3.05, 3.63) is 502 Å². The van der Waals surface area contributed by atoms with Crippen LogP contribution in [0.2, 0.25) is 0 Å². The highest BCUT2D eigenvalue weighted by Gasteiger charge is 2.46. The summed E-state index contributed by atoms with van der Waals surface area (Å²) in [5.74, 6) is 0. The molecule has 0 atom stereocenters. The number of hydrogen-bond acceptors (Lipinski definition) is 0. The minimum Gasteiger partial charge on any atom is -0.309 e. The summed E-state index contributed by atoms with van der Waals surface area (Å²) < 4.78 is 9.97. The molecule has 4 aromatic heterocycles. The first-order valence-corrected chi connectivity index (χ1v) is 53.2. The van der Waals surface area contributed by atoms with E-state index in [2.05, 4.69) is 542 Å². The Labute approximate surface area is 866 Å². The van der Waals surface area contributed by atoms with E-state index in [4.69, 9.17) is 0 Å². The number of benzene rings is 20. The molecule has 148 heavy (non-hydrogen) atoms. The lowest BCUT2D eigenvalue weighted by Crippen LogP contribution is -2.15. The van der Waals surface area contributed by atoms with E-state index in [1.165, 1.54) is 288 Å². The Balaban J connectivity index is 0.0000000930. The Morgan fingerprint density at radius 2 is 0.392 bits per heavy atom. The molecule has 0 spiro atoms. The van der Waals surface area contributed by atoms with Gasteiger partial charge in [-0.1, -0.05) is 426 Å². The van der Waals surface area contributed by atoms with Gasteiger partial charge >= 0.3 is 0 Å². The third kappa shape index (κ3) is 11.8. The molecule has 0 amide bonds. The summed E-state index contributed by atoms with van der Waals surface area (Å²) in [6.07, 6.45) is 0. The van der Waals surface area contributed by atoms with Crippen molar-refractivity contribution in [2.24, 2.45) is 0 Å². The van der Waals surface area contributed by atoms with Crippen LogP contribution in [-0.2, 0) is 43.3 Å². The smallest absolute Gasteiger partial charge is 0.0622 e. The molecule has 0 saturated heterocycles. The zero-order valence-electron chi connectivity index (χ0n) is 87.0. The van der Waals surface area contributed by atoms with Gasteiger partial charge in [-0.25, -0.2) is 0 Å². The molecule has 8 aliphatic carbocycles. The van der Waals surface area contributed by atoms with E-state index in [1.807, 2.05) is 0 Å². The van der Waals surface area contributed by atoms with E-state index in [0.29, 0.717) is 0 Å². The predicted molar refractivity (Wildman–Crippen MR) is 624 cm³/mol. The van der Waals surface area contributed by atoms with Crippen molar-refractivity contribution < 1.29 is 0 Å². The zero-order valence-corrected chi connectivity index (χ0v) is 87.0. The molecule has 0 radical (unpaired) electrons. The lowest BCUT2D eigenvalue weighted by Gasteiger charge is -2.23. The minimum atomic E-state index is -0.0543. The van der Waals surface area contributed by atoms with Gasteiger partial charge in [-0.15, -0.1) is 0 Å². The number of para-hydroxylation sites is 4. The first-order chi connectivity index (χ1) is 71.5. The number of hydrogen-bond donors (Lipinski definition) is 0. The molecular weight excluding hydrogens is 1790 g/mol. The molecule has 20 aromatic carbocycles. The second kappa shape index (κ2) is 30.6. The van der Waals surface area contributed by atoms with E-state index < -0.39 is 0 Å². The highest BCUT2D eigenvalue weighted by molar-refractivity contribution is 6.20. The average molecular weight is 1900 g/mol. The van der Waals surface area contributed by atoms with Crippen LogP contribution >= 0.6 is 0 Å². The van der Waals surface area contributed by atoms with Crippen LogP contribution in [0.15, 0.2) is 413 Å². The van der Waals surface area contributed by atoms with Crippen LogP contribution in [0.3, 0.4) is 0 Å². The summed E-state index contributed by atoms with van der Waals surface area (Å²) in [6.45, 7) is 37.8. The molecule has 4 heterocycles. The number of fused-ring (bicyclic) bond motifs is 39. The van der Waals surface area contributed by atoms with Crippen molar-refractivity contribution in [2.45, 2.75) is 154 Å². The minimum absolute atomic E-state index is 0.00775. The summed E-state index contributed by atoms with van der Waals surface area (Å²) in [5, 5.41) is 10.7. The van der Waals surface area contributed by atoms with Gasteiger partial charge in [-0.05, 0) is 270 Å². The van der Waals surface area contributed by atoms with Gasteiger partial charge < -0.3 is 18.3 Å². The van der Waals surface area contributed by atoms with Crippen LogP contribution in [0, 0.1) is 0 Å². The maximum absolute atomic E-state index is 2.52. The third-order valence-corrected chi connectivity index (χ3v) is 36.8. The van der Waals surface area contributed by atoms with Crippen LogP contribution in [0.25, 0.3) is 199 Å². The van der Waals surface area contributed by atoms with Gasteiger partial charge in [0, 0.05) is 115 Å². The lowest BCUT2D eigenvalue weighted by molar-refractivity contribution is 0.660. The van der Waals surface area contributed by atoms with Crippen molar-refractivity contribution in [1.29, 1.82) is 0 Å². The van der Waals surface area contributed by atoms with Gasteiger partial charge in [0.05, 0.1) is 44.1 Å². The quantitative estimate of drug-likeness (QED) is 0.167. The fourth-order valence-electron chi connectivity index (χ4n) is 29.5. The molecule has 0 N–H and O–H groups in total. The normalized spacial score (nSPS) is 16.0. The van der Waals surface area contributed by atoms with Crippen molar-refractivity contribution in [3.8, 4) is 112 Å². The van der Waals surface area contributed by atoms with Crippen molar-refractivity contribution in [3.63, 3.8) is 0 Å². The molecule has 32 rings (SSSR count). The maximum Gasteiger partial charge on any atom is 0.0622 e. The predicted octanol–water partition coefficient (Wildman–Crippen LogP) is 37.6. The molecule has 0 saturated carbocycles. The van der Waals surface area contributed by atoms with Crippen molar-refractivity contribution in [1.82, 2.24) is 18.3 Å². The molecule has 0 bridgehead atoms. The Bertz CT molecular complexity index is 9850. The van der Waals surface area contributed by atoms with Gasteiger partial charge in [0.25, 0.3) is 0 Å². The van der Waals surface area contributed by atoms with E-state index in [1.54, 1.807) is 0 Å². The Morgan fingerprint density at radius 3 is 0.811 bits per heavy atom. The summed E-state index contributed by atoms with van der Waals surface area (Å²) in [6, 6.07) is 155. The summed E-state index contributed by atoms with van der Waals surface area (Å²) in [4.78, 5) is 0. The van der Waals surface area contributed by atoms with Crippen molar-refractivity contribution >= 4 is 87.2 Å². The third-order valence-electron chi connectivity index (χ3n) is 36.8. The SMILES string of the molecule is CC1(C)c2ccccc2-c2cc(-n3c4ccccc4c4c5c(ccc43)-c3ccccc3C5(C)C)ccc21.CC1(C)c2ccccc2-c2cc(-n3c4ccccc4c4c5c(ccc43)C(C)(C)c3ccccc3-5)ccc21.CC1(C)c2ccccc2-c2cc(-n3c4ccccc4c4cc5c(cc43)C(C)(C)c3ccccc3-5)ccc21.CC1(C)c2ccccc2-c2cc(-n3c4ccccc4c4ccc5c(c43)-c3ccccc3C5(C)C)ccc21. The fourth-order valence-corrected chi connectivity index (χ4v) is 29.5. The van der Waals surface area contributed by atoms with Crippen LogP contribution in [0.4, 0.5) is 0 Å². The van der Waals surface area contributed by atoms with Crippen LogP contribution in [-0.4, -0.2) is 18.3 Å². The monoisotopic (exact) mass is 1900 g/mol. The summed E-state index contributed by atoms with van der Waals surface area (Å²) in [7, 11) is 0. The molecular formula is C144H116N4. The molecule has 0 fully saturated rings. The zero-order chi connectivity index (χ0) is 100. The number of nitrogens with zero attached hydrogens (tertiary/aromatic N) is 4. The van der Waals surface area contributed by atoms with Crippen LogP contribution < -0.4 is 0 Å². The van der Waals surface area contributed by atoms with E-state index in [-0.39, 0.29) is 43.3 Å². The largest absolute Gasteiger partial charge is 0.309 e. The van der Waals surface area contributed by atoms with E-state index in [9.17, 15) is 0 Å². The Morgan fingerprint density at radius 1 is 0.135 bits per heavy atom. The lowest BCUT2D eigenvalue weighted by atomic mass is 9.80. The Hall–Kier alpha value is -16.4. The van der Waals surface area contributed by atoms with Gasteiger partial charge in [0.2, 0.25) is 0 Å². The van der Waals surface area contributed by atoms with Gasteiger partial charge in [0.15, 0.2) is 0 Å². The first-order valence-electron chi connectivity index (χ1n) is 53.2.